The molecule has 2 N–H and O–H groups in total. The van der Waals surface area contributed by atoms with E-state index in [0.29, 0.717) is 22.7 Å². The minimum absolute atomic E-state index is 0.0103. The molecular weight excluding hydrogens is 384 g/mol. The summed E-state index contributed by atoms with van der Waals surface area (Å²) in [5.74, 6) is 0.340. The van der Waals surface area contributed by atoms with Gasteiger partial charge in [0.25, 0.3) is 0 Å². The van der Waals surface area contributed by atoms with Gasteiger partial charge in [-0.25, -0.2) is 8.42 Å². The highest BCUT2D eigenvalue weighted by molar-refractivity contribution is 7.90. The Hall–Kier alpha value is -1.89. The normalized spacial score (nSPS) is 26.9. The lowest BCUT2D eigenvalue weighted by Gasteiger charge is -2.55. The Morgan fingerprint density at radius 2 is 1.93 bits per heavy atom. The first-order valence-electron chi connectivity index (χ1n) is 10.2. The van der Waals surface area contributed by atoms with Crippen molar-refractivity contribution in [3.63, 3.8) is 0 Å². The third kappa shape index (κ3) is 3.81. The monoisotopic (exact) mass is 414 g/mol. The van der Waals surface area contributed by atoms with Crippen molar-refractivity contribution in [2.45, 2.75) is 48.6 Å². The van der Waals surface area contributed by atoms with E-state index in [4.69, 9.17) is 0 Å². The molecule has 0 radical (unpaired) electrons. The van der Waals surface area contributed by atoms with Crippen molar-refractivity contribution >= 4 is 9.84 Å². The van der Waals surface area contributed by atoms with Gasteiger partial charge in [-0.05, 0) is 80.4 Å². The van der Waals surface area contributed by atoms with Crippen LogP contribution >= 0.6 is 0 Å². The summed E-state index contributed by atoms with van der Waals surface area (Å²) in [6, 6.07) is 13.8. The van der Waals surface area contributed by atoms with Crippen LogP contribution < -0.4 is 5.32 Å². The Morgan fingerprint density at radius 3 is 2.62 bits per heavy atom. The van der Waals surface area contributed by atoms with E-state index in [1.807, 2.05) is 18.2 Å². The summed E-state index contributed by atoms with van der Waals surface area (Å²) in [4.78, 5) is 2.82. The van der Waals surface area contributed by atoms with Gasteiger partial charge in [-0.15, -0.1) is 0 Å². The number of benzene rings is 2. The van der Waals surface area contributed by atoms with Crippen LogP contribution in [0.5, 0.6) is 5.75 Å². The number of hydrogen-bond donors (Lipinski definition) is 2. The van der Waals surface area contributed by atoms with Gasteiger partial charge < -0.3 is 15.3 Å². The highest BCUT2D eigenvalue weighted by atomic mass is 32.2. The van der Waals surface area contributed by atoms with Crippen molar-refractivity contribution < 1.29 is 13.5 Å². The number of phenolic OH excluding ortho intramolecular Hbond substituents is 1. The molecule has 2 bridgehead atoms. The fourth-order valence-electron chi connectivity index (χ4n) is 5.12. The molecule has 0 saturated carbocycles. The molecule has 0 aromatic heterocycles. The molecule has 1 heterocycles. The van der Waals surface area contributed by atoms with E-state index in [2.05, 4.69) is 30.3 Å². The standard InChI is InChI=1S/C23H30N2O3S/c1-23-11-13-25(2)21(14-17-6-7-18(26)15-20(17)23)22(23)24-12-10-16-4-8-19(9-5-16)29(3,27)28/h4-9,15,21-22,24,26H,10-14H2,1-3H3/t21-,22-,23+/m1/s1. The van der Waals surface area contributed by atoms with Crippen molar-refractivity contribution in [1.29, 1.82) is 0 Å². The van der Waals surface area contributed by atoms with Crippen molar-refractivity contribution in [1.82, 2.24) is 10.2 Å². The second-order valence-corrected chi connectivity index (χ2v) is 10.9. The molecule has 1 aliphatic carbocycles. The molecule has 29 heavy (non-hydrogen) atoms. The highest BCUT2D eigenvalue weighted by Crippen LogP contribution is 2.45. The van der Waals surface area contributed by atoms with Gasteiger partial charge in [-0.3, -0.25) is 0 Å². The number of fused-ring (bicyclic) bond motifs is 4. The Balaban J connectivity index is 1.51. The van der Waals surface area contributed by atoms with Crippen LogP contribution in [0, 0.1) is 0 Å². The van der Waals surface area contributed by atoms with Crippen LogP contribution in [-0.2, 0) is 28.1 Å². The Morgan fingerprint density at radius 1 is 1.21 bits per heavy atom. The van der Waals surface area contributed by atoms with Gasteiger partial charge in [0.1, 0.15) is 5.75 Å². The number of nitrogens with zero attached hydrogens (tertiary/aromatic N) is 1. The highest BCUT2D eigenvalue weighted by Gasteiger charge is 2.49. The first kappa shape index (κ1) is 20.4. The Kier molecular flexibility index (Phi) is 5.21. The van der Waals surface area contributed by atoms with Gasteiger partial charge in [0.05, 0.1) is 4.90 Å². The number of phenols is 1. The zero-order valence-corrected chi connectivity index (χ0v) is 18.2. The van der Waals surface area contributed by atoms with Crippen LogP contribution in [-0.4, -0.2) is 56.9 Å². The molecule has 3 atom stereocenters. The summed E-state index contributed by atoms with van der Waals surface area (Å²) in [5, 5.41) is 13.9. The van der Waals surface area contributed by atoms with Crippen molar-refractivity contribution in [3.8, 4) is 5.75 Å². The fourth-order valence-corrected chi connectivity index (χ4v) is 5.75. The maximum absolute atomic E-state index is 11.6. The number of piperidine rings is 1. The summed E-state index contributed by atoms with van der Waals surface area (Å²) >= 11 is 0. The molecule has 156 valence electrons. The lowest BCUT2D eigenvalue weighted by molar-refractivity contribution is 0.0663. The molecule has 1 saturated heterocycles. The van der Waals surface area contributed by atoms with E-state index in [1.54, 1.807) is 18.2 Å². The van der Waals surface area contributed by atoms with Gasteiger partial charge in [0.2, 0.25) is 0 Å². The second-order valence-electron chi connectivity index (χ2n) is 8.86. The van der Waals surface area contributed by atoms with E-state index >= 15 is 0 Å². The lowest BCUT2D eigenvalue weighted by Crippen LogP contribution is -2.66. The maximum Gasteiger partial charge on any atom is 0.175 e. The molecule has 2 aromatic carbocycles. The number of sulfone groups is 1. The van der Waals surface area contributed by atoms with E-state index in [-0.39, 0.29) is 5.41 Å². The molecule has 1 fully saturated rings. The summed E-state index contributed by atoms with van der Waals surface area (Å²) < 4.78 is 23.3. The van der Waals surface area contributed by atoms with Crippen LogP contribution in [0.1, 0.15) is 30.0 Å². The number of hydrogen-bond acceptors (Lipinski definition) is 5. The molecule has 1 aliphatic heterocycles. The number of rotatable bonds is 5. The molecule has 6 heteroatoms. The lowest BCUT2D eigenvalue weighted by atomic mass is 9.61. The summed E-state index contributed by atoms with van der Waals surface area (Å²) in [6.45, 7) is 4.21. The molecule has 0 unspecified atom stereocenters. The average Bonchev–Trinajstić information content (AvgIpc) is 2.67. The SMILES string of the molecule is CN1CC[C@@]2(C)c3cc(O)ccc3C[C@@H]1[C@H]2NCCc1ccc(S(C)(=O)=O)cc1. The second kappa shape index (κ2) is 7.42. The summed E-state index contributed by atoms with van der Waals surface area (Å²) in [5.41, 5.74) is 3.74. The zero-order valence-electron chi connectivity index (χ0n) is 17.4. The molecule has 2 aliphatic rings. The topological polar surface area (TPSA) is 69.6 Å². The quantitative estimate of drug-likeness (QED) is 0.787. The number of likely N-dealkylation sites (tertiary alicyclic amines) is 1. The molecule has 0 spiro atoms. The molecule has 5 nitrogen and oxygen atoms in total. The van der Waals surface area contributed by atoms with E-state index in [0.717, 1.165) is 37.9 Å². The van der Waals surface area contributed by atoms with Crippen LogP contribution in [0.4, 0.5) is 0 Å². The predicted molar refractivity (Wildman–Crippen MR) is 115 cm³/mol. The minimum Gasteiger partial charge on any atom is -0.508 e. The van der Waals surface area contributed by atoms with E-state index in [1.165, 1.54) is 17.4 Å². The van der Waals surface area contributed by atoms with Crippen LogP contribution in [0.2, 0.25) is 0 Å². The minimum atomic E-state index is -3.16. The number of nitrogens with one attached hydrogen (secondary N) is 1. The van der Waals surface area contributed by atoms with Crippen molar-refractivity contribution in [3.05, 3.63) is 59.2 Å². The van der Waals surface area contributed by atoms with Gasteiger partial charge in [-0.1, -0.05) is 25.1 Å². The average molecular weight is 415 g/mol. The first-order chi connectivity index (χ1) is 13.7. The van der Waals surface area contributed by atoms with Gasteiger partial charge in [0.15, 0.2) is 9.84 Å². The maximum atomic E-state index is 11.6. The van der Waals surface area contributed by atoms with Crippen molar-refractivity contribution in [2.75, 3.05) is 26.4 Å². The number of likely N-dealkylation sites (N-methyl/N-ethyl adjacent to an activating group) is 1. The van der Waals surface area contributed by atoms with Crippen molar-refractivity contribution in [2.24, 2.45) is 0 Å². The van der Waals surface area contributed by atoms with Gasteiger partial charge in [-0.2, -0.15) is 0 Å². The molecular formula is C23H30N2O3S. The summed E-state index contributed by atoms with van der Waals surface area (Å²) in [7, 11) is -0.953. The summed E-state index contributed by atoms with van der Waals surface area (Å²) in [6.07, 6.45) is 4.12. The third-order valence-electron chi connectivity index (χ3n) is 6.89. The Labute approximate surface area is 173 Å². The van der Waals surface area contributed by atoms with E-state index < -0.39 is 9.84 Å². The molecule has 2 aromatic rings. The van der Waals surface area contributed by atoms with Crippen LogP contribution in [0.3, 0.4) is 0 Å². The van der Waals surface area contributed by atoms with Crippen LogP contribution in [0.15, 0.2) is 47.4 Å². The zero-order chi connectivity index (χ0) is 20.8. The van der Waals surface area contributed by atoms with Crippen LogP contribution in [0.25, 0.3) is 0 Å². The third-order valence-corrected chi connectivity index (χ3v) is 8.02. The largest absolute Gasteiger partial charge is 0.508 e. The van der Waals surface area contributed by atoms with Gasteiger partial charge >= 0.3 is 0 Å². The fraction of sp³-hybridized carbons (Fsp3) is 0.478. The number of aromatic hydroxyl groups is 1. The molecule has 0 amide bonds. The smallest absolute Gasteiger partial charge is 0.175 e. The van der Waals surface area contributed by atoms with E-state index in [9.17, 15) is 13.5 Å². The molecule has 4 rings (SSSR count). The first-order valence-corrected chi connectivity index (χ1v) is 12.1. The predicted octanol–water partition coefficient (Wildman–Crippen LogP) is 2.51. The Bertz CT molecular complexity index is 1000. The van der Waals surface area contributed by atoms with Gasteiger partial charge in [0, 0.05) is 23.8 Å².